The van der Waals surface area contributed by atoms with Crippen molar-refractivity contribution in [2.75, 3.05) is 6.54 Å². The second-order valence-corrected chi connectivity index (χ2v) is 3.86. The number of carbonyl (C=O) groups is 2. The number of carbonyl (C=O) groups excluding carboxylic acids is 1. The van der Waals surface area contributed by atoms with Crippen LogP contribution in [-0.4, -0.2) is 41.3 Å². The molecular formula is C12H13F2NO5. The van der Waals surface area contributed by atoms with Crippen molar-refractivity contribution in [1.82, 2.24) is 5.32 Å². The number of hydrogen-bond donors (Lipinski definition) is 3. The molecule has 0 aromatic heterocycles. The SMILES string of the molecule is O=C(Cc1ccc(OC(F)F)cc1)NC[C@H](O)C(=O)O. The van der Waals surface area contributed by atoms with Gasteiger partial charge in [0.2, 0.25) is 5.91 Å². The van der Waals surface area contributed by atoms with Gasteiger partial charge < -0.3 is 20.3 Å². The van der Waals surface area contributed by atoms with Gasteiger partial charge in [0.25, 0.3) is 0 Å². The Bertz CT molecular complexity index is 463. The number of aliphatic hydroxyl groups is 1. The number of hydrogen-bond acceptors (Lipinski definition) is 4. The summed E-state index contributed by atoms with van der Waals surface area (Å²) >= 11 is 0. The molecule has 1 aromatic rings. The number of rotatable bonds is 7. The molecule has 0 heterocycles. The standard InChI is InChI=1S/C12H13F2NO5/c13-12(14)20-8-3-1-7(2-4-8)5-10(17)15-6-9(16)11(18)19/h1-4,9,12,16H,5-6H2,(H,15,17)(H,18,19)/t9-/m0/s1. The number of halogens is 2. The molecule has 1 amide bonds. The van der Waals surface area contributed by atoms with Gasteiger partial charge in [-0.2, -0.15) is 8.78 Å². The fraction of sp³-hybridized carbons (Fsp3) is 0.333. The van der Waals surface area contributed by atoms with E-state index in [-0.39, 0.29) is 12.2 Å². The van der Waals surface area contributed by atoms with Crippen molar-refractivity contribution in [3.8, 4) is 5.75 Å². The Labute approximate surface area is 113 Å². The summed E-state index contributed by atoms with van der Waals surface area (Å²) in [7, 11) is 0. The van der Waals surface area contributed by atoms with Crippen LogP contribution in [0.2, 0.25) is 0 Å². The van der Waals surface area contributed by atoms with Crippen LogP contribution in [0.5, 0.6) is 5.75 Å². The molecule has 6 nitrogen and oxygen atoms in total. The lowest BCUT2D eigenvalue weighted by Gasteiger charge is -2.08. The maximum atomic E-state index is 11.9. The Kier molecular flexibility index (Phi) is 5.85. The van der Waals surface area contributed by atoms with Crippen molar-refractivity contribution in [1.29, 1.82) is 0 Å². The fourth-order valence-corrected chi connectivity index (χ4v) is 1.33. The van der Waals surface area contributed by atoms with E-state index in [2.05, 4.69) is 10.1 Å². The van der Waals surface area contributed by atoms with Gasteiger partial charge in [0.1, 0.15) is 5.75 Å². The third kappa shape index (κ3) is 5.61. The van der Waals surface area contributed by atoms with Gasteiger partial charge >= 0.3 is 12.6 Å². The van der Waals surface area contributed by atoms with Gasteiger partial charge in [-0.1, -0.05) is 12.1 Å². The fourth-order valence-electron chi connectivity index (χ4n) is 1.33. The van der Waals surface area contributed by atoms with Crippen molar-refractivity contribution in [3.05, 3.63) is 29.8 Å². The molecule has 0 saturated carbocycles. The number of benzene rings is 1. The van der Waals surface area contributed by atoms with Gasteiger partial charge in [0.15, 0.2) is 6.10 Å². The quantitative estimate of drug-likeness (QED) is 0.675. The number of aliphatic carboxylic acids is 1. The molecule has 1 atom stereocenters. The van der Waals surface area contributed by atoms with Crippen LogP contribution in [0.3, 0.4) is 0 Å². The summed E-state index contributed by atoms with van der Waals surface area (Å²) in [5.74, 6) is -1.95. The zero-order valence-electron chi connectivity index (χ0n) is 10.3. The summed E-state index contributed by atoms with van der Waals surface area (Å²) in [5, 5.41) is 19.6. The maximum absolute atomic E-state index is 11.9. The van der Waals surface area contributed by atoms with E-state index < -0.39 is 31.1 Å². The lowest BCUT2D eigenvalue weighted by Crippen LogP contribution is -2.37. The Morgan fingerprint density at radius 1 is 1.25 bits per heavy atom. The summed E-state index contributed by atoms with van der Waals surface area (Å²) in [5.41, 5.74) is 0.536. The molecular weight excluding hydrogens is 276 g/mol. The van der Waals surface area contributed by atoms with E-state index in [9.17, 15) is 18.4 Å². The Balaban J connectivity index is 2.44. The van der Waals surface area contributed by atoms with Crippen LogP contribution in [0.4, 0.5) is 8.78 Å². The van der Waals surface area contributed by atoms with E-state index in [0.717, 1.165) is 0 Å². The van der Waals surface area contributed by atoms with Crippen LogP contribution in [0.1, 0.15) is 5.56 Å². The molecule has 0 radical (unpaired) electrons. The van der Waals surface area contributed by atoms with Gasteiger partial charge in [-0.15, -0.1) is 0 Å². The summed E-state index contributed by atoms with van der Waals surface area (Å²) < 4.78 is 28.0. The smallest absolute Gasteiger partial charge is 0.387 e. The molecule has 1 aromatic carbocycles. The van der Waals surface area contributed by atoms with Gasteiger partial charge in [-0.25, -0.2) is 4.79 Å². The van der Waals surface area contributed by atoms with Gasteiger partial charge in [0.05, 0.1) is 13.0 Å². The average Bonchev–Trinajstić information content (AvgIpc) is 2.37. The first-order chi connectivity index (χ1) is 9.38. The topological polar surface area (TPSA) is 95.9 Å². The monoisotopic (exact) mass is 289 g/mol. The van der Waals surface area contributed by atoms with Crippen LogP contribution in [0.25, 0.3) is 0 Å². The molecule has 1 rings (SSSR count). The maximum Gasteiger partial charge on any atom is 0.387 e. The van der Waals surface area contributed by atoms with E-state index in [1.54, 1.807) is 0 Å². The summed E-state index contributed by atoms with van der Waals surface area (Å²) in [4.78, 5) is 21.8. The first-order valence-corrected chi connectivity index (χ1v) is 5.60. The van der Waals surface area contributed by atoms with Gasteiger partial charge in [-0.05, 0) is 17.7 Å². The van der Waals surface area contributed by atoms with Gasteiger partial charge in [-0.3, -0.25) is 4.79 Å². The highest BCUT2D eigenvalue weighted by molar-refractivity contribution is 5.80. The second-order valence-electron chi connectivity index (χ2n) is 3.86. The molecule has 0 fully saturated rings. The number of aliphatic hydroxyl groups excluding tert-OH is 1. The minimum atomic E-state index is -2.92. The molecule has 0 aliphatic rings. The van der Waals surface area contributed by atoms with Crippen molar-refractivity contribution in [3.63, 3.8) is 0 Å². The first kappa shape index (κ1) is 15.8. The third-order valence-corrected chi connectivity index (χ3v) is 2.29. The zero-order valence-corrected chi connectivity index (χ0v) is 10.3. The molecule has 0 aliphatic heterocycles. The number of carboxylic acid groups (broad SMARTS) is 1. The number of alkyl halides is 2. The van der Waals surface area contributed by atoms with E-state index in [4.69, 9.17) is 10.2 Å². The Hall–Kier alpha value is -2.22. The van der Waals surface area contributed by atoms with Crippen molar-refractivity contribution in [2.45, 2.75) is 19.1 Å². The summed E-state index contributed by atoms with van der Waals surface area (Å²) in [6, 6.07) is 5.46. The molecule has 8 heteroatoms. The van der Waals surface area contributed by atoms with Crippen LogP contribution >= 0.6 is 0 Å². The molecule has 0 saturated heterocycles. The van der Waals surface area contributed by atoms with Crippen LogP contribution in [0, 0.1) is 0 Å². The molecule has 0 bridgehead atoms. The lowest BCUT2D eigenvalue weighted by molar-refractivity contribution is -0.146. The molecule has 110 valence electrons. The van der Waals surface area contributed by atoms with E-state index >= 15 is 0 Å². The highest BCUT2D eigenvalue weighted by Crippen LogP contribution is 2.15. The molecule has 3 N–H and O–H groups in total. The lowest BCUT2D eigenvalue weighted by atomic mass is 10.1. The zero-order chi connectivity index (χ0) is 15.1. The second kappa shape index (κ2) is 7.39. The Morgan fingerprint density at radius 3 is 2.35 bits per heavy atom. The van der Waals surface area contributed by atoms with Crippen LogP contribution in [-0.2, 0) is 16.0 Å². The predicted octanol–water partition coefficient (Wildman–Crippen LogP) is 0.392. The van der Waals surface area contributed by atoms with Crippen LogP contribution in [0.15, 0.2) is 24.3 Å². The molecule has 0 aliphatic carbocycles. The van der Waals surface area contributed by atoms with Crippen molar-refractivity contribution >= 4 is 11.9 Å². The molecule has 20 heavy (non-hydrogen) atoms. The Morgan fingerprint density at radius 2 is 1.85 bits per heavy atom. The molecule has 0 unspecified atom stereocenters. The molecule has 0 spiro atoms. The number of ether oxygens (including phenoxy) is 1. The number of amides is 1. The minimum absolute atomic E-state index is 0.0227. The van der Waals surface area contributed by atoms with E-state index in [0.29, 0.717) is 5.56 Å². The predicted molar refractivity (Wildman–Crippen MR) is 63.4 cm³/mol. The normalized spacial score (nSPS) is 12.0. The first-order valence-electron chi connectivity index (χ1n) is 5.60. The number of nitrogens with one attached hydrogen (secondary N) is 1. The minimum Gasteiger partial charge on any atom is -0.479 e. The average molecular weight is 289 g/mol. The summed E-state index contributed by atoms with van der Waals surface area (Å²) in [6.45, 7) is -3.32. The highest BCUT2D eigenvalue weighted by atomic mass is 19.3. The van der Waals surface area contributed by atoms with E-state index in [1.165, 1.54) is 24.3 Å². The summed E-state index contributed by atoms with van der Waals surface area (Å²) in [6.07, 6.45) is -1.73. The van der Waals surface area contributed by atoms with Gasteiger partial charge in [0, 0.05) is 0 Å². The third-order valence-electron chi connectivity index (χ3n) is 2.29. The van der Waals surface area contributed by atoms with E-state index in [1.807, 2.05) is 0 Å². The van der Waals surface area contributed by atoms with Crippen molar-refractivity contribution in [2.24, 2.45) is 0 Å². The highest BCUT2D eigenvalue weighted by Gasteiger charge is 2.14. The van der Waals surface area contributed by atoms with Crippen LogP contribution < -0.4 is 10.1 Å². The van der Waals surface area contributed by atoms with Crippen molar-refractivity contribution < 1.29 is 33.3 Å². The largest absolute Gasteiger partial charge is 0.479 e. The number of carboxylic acids is 1.